The number of nitrogens with one attached hydrogen (secondary N) is 1. The van der Waals surface area contributed by atoms with E-state index in [2.05, 4.69) is 16.3 Å². The predicted molar refractivity (Wildman–Crippen MR) is 109 cm³/mol. The molecule has 144 valence electrons. The lowest BCUT2D eigenvalue weighted by Crippen LogP contribution is -2.42. The highest BCUT2D eigenvalue weighted by atomic mass is 35.5. The summed E-state index contributed by atoms with van der Waals surface area (Å²) >= 11 is 6.28. The Balaban J connectivity index is 1.50. The summed E-state index contributed by atoms with van der Waals surface area (Å²) in [4.78, 5) is 14.9. The normalized spacial score (nSPS) is 17.5. The number of nitrogens with zero attached hydrogens (tertiary/aromatic N) is 1. The quantitative estimate of drug-likeness (QED) is 0.772. The molecule has 2 aromatic rings. The van der Waals surface area contributed by atoms with E-state index < -0.39 is 0 Å². The molecule has 0 aliphatic carbocycles. The fourth-order valence-electron chi connectivity index (χ4n) is 3.48. The molecular weight excluding hydrogens is 360 g/mol. The summed E-state index contributed by atoms with van der Waals surface area (Å²) in [6, 6.07) is 15.8. The molecule has 1 N–H and O–H groups in total. The second-order valence-corrected chi connectivity index (χ2v) is 7.37. The highest BCUT2D eigenvalue weighted by molar-refractivity contribution is 6.31. The van der Waals surface area contributed by atoms with Gasteiger partial charge in [0.15, 0.2) is 0 Å². The average Bonchev–Trinajstić information content (AvgIpc) is 2.69. The van der Waals surface area contributed by atoms with E-state index >= 15 is 0 Å². The minimum Gasteiger partial charge on any atom is -0.494 e. The van der Waals surface area contributed by atoms with Crippen molar-refractivity contribution in [2.24, 2.45) is 5.92 Å². The summed E-state index contributed by atoms with van der Waals surface area (Å²) in [5.74, 6) is 1.02. The number of rotatable bonds is 7. The van der Waals surface area contributed by atoms with Gasteiger partial charge in [0.05, 0.1) is 12.5 Å². The molecule has 27 heavy (non-hydrogen) atoms. The Bertz CT molecular complexity index is 748. The van der Waals surface area contributed by atoms with E-state index in [4.69, 9.17) is 16.3 Å². The molecule has 1 atom stereocenters. The first-order valence-electron chi connectivity index (χ1n) is 9.61. The van der Waals surface area contributed by atoms with Crippen LogP contribution in [0.4, 0.5) is 0 Å². The molecule has 1 aliphatic heterocycles. The van der Waals surface area contributed by atoms with E-state index in [1.165, 1.54) is 0 Å². The number of piperidine rings is 1. The Morgan fingerprint density at radius 3 is 2.74 bits per heavy atom. The van der Waals surface area contributed by atoms with Crippen molar-refractivity contribution in [3.63, 3.8) is 0 Å². The molecule has 5 heteroatoms. The monoisotopic (exact) mass is 386 g/mol. The van der Waals surface area contributed by atoms with Crippen LogP contribution in [0.25, 0.3) is 0 Å². The molecule has 1 aliphatic rings. The Hall–Kier alpha value is -2.04. The topological polar surface area (TPSA) is 41.6 Å². The van der Waals surface area contributed by atoms with Crippen LogP contribution in [-0.4, -0.2) is 30.5 Å². The molecule has 0 spiro atoms. The molecule has 0 bridgehead atoms. The molecule has 1 amide bonds. The van der Waals surface area contributed by atoms with Gasteiger partial charge < -0.3 is 10.1 Å². The molecule has 1 fully saturated rings. The molecule has 0 saturated carbocycles. The van der Waals surface area contributed by atoms with Crippen molar-refractivity contribution in [1.29, 1.82) is 0 Å². The number of amides is 1. The SMILES string of the molecule is CCOc1ccc(CNC(=O)[C@@H]2CCCN(Cc3ccccc3Cl)C2)cc1. The molecular formula is C22H27ClN2O2. The number of ether oxygens (including phenoxy) is 1. The molecule has 1 heterocycles. The third-order valence-corrected chi connectivity index (χ3v) is 5.30. The van der Waals surface area contributed by atoms with Crippen molar-refractivity contribution in [3.8, 4) is 5.75 Å². The predicted octanol–water partition coefficient (Wildman–Crippen LogP) is 4.27. The fourth-order valence-corrected chi connectivity index (χ4v) is 3.68. The second kappa shape index (κ2) is 9.77. The van der Waals surface area contributed by atoms with Crippen molar-refractivity contribution in [2.45, 2.75) is 32.9 Å². The Kier molecular flexibility index (Phi) is 7.13. The van der Waals surface area contributed by atoms with E-state index in [-0.39, 0.29) is 11.8 Å². The summed E-state index contributed by atoms with van der Waals surface area (Å²) < 4.78 is 5.45. The Morgan fingerprint density at radius 1 is 1.22 bits per heavy atom. The van der Waals surface area contributed by atoms with Gasteiger partial charge in [0.2, 0.25) is 5.91 Å². The minimum absolute atomic E-state index is 0.0314. The smallest absolute Gasteiger partial charge is 0.224 e. The standard InChI is InChI=1S/C22H27ClN2O2/c1-2-27-20-11-9-17(10-12-20)14-24-22(26)19-7-5-13-25(16-19)15-18-6-3-4-8-21(18)23/h3-4,6,8-12,19H,2,5,7,13-16H2,1H3,(H,24,26)/t19-/m1/s1. The van der Waals surface area contributed by atoms with Gasteiger partial charge in [-0.3, -0.25) is 9.69 Å². The summed E-state index contributed by atoms with van der Waals surface area (Å²) in [6.07, 6.45) is 1.97. The van der Waals surface area contributed by atoms with Crippen LogP contribution in [0.1, 0.15) is 30.9 Å². The molecule has 0 unspecified atom stereocenters. The van der Waals surface area contributed by atoms with Crippen LogP contribution < -0.4 is 10.1 Å². The van der Waals surface area contributed by atoms with Crippen LogP contribution in [0.2, 0.25) is 5.02 Å². The summed E-state index contributed by atoms with van der Waals surface area (Å²) in [6.45, 7) is 5.75. The van der Waals surface area contributed by atoms with Crippen LogP contribution in [0.5, 0.6) is 5.75 Å². The van der Waals surface area contributed by atoms with E-state index in [1.54, 1.807) is 0 Å². The van der Waals surface area contributed by atoms with Crippen molar-refractivity contribution in [2.75, 3.05) is 19.7 Å². The maximum Gasteiger partial charge on any atom is 0.224 e. The maximum absolute atomic E-state index is 12.6. The lowest BCUT2D eigenvalue weighted by molar-refractivity contribution is -0.126. The van der Waals surface area contributed by atoms with Crippen LogP contribution in [0.3, 0.4) is 0 Å². The van der Waals surface area contributed by atoms with Crippen LogP contribution in [-0.2, 0) is 17.9 Å². The van der Waals surface area contributed by atoms with Gasteiger partial charge in [-0.1, -0.05) is 41.9 Å². The number of benzene rings is 2. The van der Waals surface area contributed by atoms with Gasteiger partial charge in [0, 0.05) is 24.7 Å². The Labute approximate surface area is 166 Å². The highest BCUT2D eigenvalue weighted by Gasteiger charge is 2.25. The van der Waals surface area contributed by atoms with Crippen LogP contribution >= 0.6 is 11.6 Å². The lowest BCUT2D eigenvalue weighted by atomic mass is 9.96. The van der Waals surface area contributed by atoms with E-state index in [0.717, 1.165) is 54.4 Å². The van der Waals surface area contributed by atoms with Crippen LogP contribution in [0, 0.1) is 5.92 Å². The van der Waals surface area contributed by atoms with E-state index in [0.29, 0.717) is 13.2 Å². The van der Waals surface area contributed by atoms with Gasteiger partial charge in [-0.15, -0.1) is 0 Å². The third-order valence-electron chi connectivity index (χ3n) is 4.93. The fraction of sp³-hybridized carbons (Fsp3) is 0.409. The molecule has 0 radical (unpaired) electrons. The van der Waals surface area contributed by atoms with Gasteiger partial charge in [0.1, 0.15) is 5.75 Å². The lowest BCUT2D eigenvalue weighted by Gasteiger charge is -2.32. The number of hydrogen-bond acceptors (Lipinski definition) is 3. The largest absolute Gasteiger partial charge is 0.494 e. The zero-order valence-corrected chi connectivity index (χ0v) is 16.5. The first-order valence-corrected chi connectivity index (χ1v) is 9.98. The van der Waals surface area contributed by atoms with Crippen LogP contribution in [0.15, 0.2) is 48.5 Å². The number of halogens is 1. The number of carbonyl (C=O) groups excluding carboxylic acids is 1. The van der Waals surface area contributed by atoms with Gasteiger partial charge >= 0.3 is 0 Å². The van der Waals surface area contributed by atoms with Crippen molar-refractivity contribution < 1.29 is 9.53 Å². The first kappa shape index (κ1) is 19.7. The average molecular weight is 387 g/mol. The van der Waals surface area contributed by atoms with E-state index in [9.17, 15) is 4.79 Å². The van der Waals surface area contributed by atoms with Crippen molar-refractivity contribution in [1.82, 2.24) is 10.2 Å². The van der Waals surface area contributed by atoms with Gasteiger partial charge in [-0.05, 0) is 55.6 Å². The minimum atomic E-state index is 0.0314. The molecule has 2 aromatic carbocycles. The first-order chi connectivity index (χ1) is 13.2. The summed E-state index contributed by atoms with van der Waals surface area (Å²) in [7, 11) is 0. The zero-order chi connectivity index (χ0) is 19.1. The Morgan fingerprint density at radius 2 is 2.00 bits per heavy atom. The number of hydrogen-bond donors (Lipinski definition) is 1. The highest BCUT2D eigenvalue weighted by Crippen LogP contribution is 2.22. The van der Waals surface area contributed by atoms with Gasteiger partial charge in [-0.25, -0.2) is 0 Å². The summed E-state index contributed by atoms with van der Waals surface area (Å²) in [5, 5.41) is 3.87. The second-order valence-electron chi connectivity index (χ2n) is 6.96. The number of likely N-dealkylation sites (tertiary alicyclic amines) is 1. The van der Waals surface area contributed by atoms with Gasteiger partial charge in [0.25, 0.3) is 0 Å². The molecule has 4 nitrogen and oxygen atoms in total. The summed E-state index contributed by atoms with van der Waals surface area (Å²) in [5.41, 5.74) is 2.20. The van der Waals surface area contributed by atoms with Gasteiger partial charge in [-0.2, -0.15) is 0 Å². The maximum atomic E-state index is 12.6. The van der Waals surface area contributed by atoms with Crippen molar-refractivity contribution >= 4 is 17.5 Å². The third kappa shape index (κ3) is 5.72. The molecule has 3 rings (SSSR count). The molecule has 0 aromatic heterocycles. The number of carbonyl (C=O) groups is 1. The van der Waals surface area contributed by atoms with E-state index in [1.807, 2.05) is 49.4 Å². The van der Waals surface area contributed by atoms with Crippen molar-refractivity contribution in [3.05, 3.63) is 64.7 Å². The molecule has 1 saturated heterocycles. The zero-order valence-electron chi connectivity index (χ0n) is 15.8.